The lowest BCUT2D eigenvalue weighted by atomic mass is 10.1. The summed E-state index contributed by atoms with van der Waals surface area (Å²) < 4.78 is 0. The summed E-state index contributed by atoms with van der Waals surface area (Å²) in [5.74, 6) is -0.0717. The fourth-order valence-corrected chi connectivity index (χ4v) is 2.40. The number of ketones is 1. The molecule has 0 aliphatic carbocycles. The number of benzene rings is 1. The molecule has 2 aromatic heterocycles. The summed E-state index contributed by atoms with van der Waals surface area (Å²) >= 11 is 1.48. The highest BCUT2D eigenvalue weighted by atomic mass is 32.1. The van der Waals surface area contributed by atoms with Crippen molar-refractivity contribution in [3.8, 4) is 0 Å². The molecule has 0 atom stereocenters. The summed E-state index contributed by atoms with van der Waals surface area (Å²) in [5, 5.41) is 3.65. The molecule has 0 unspecified atom stereocenters. The number of para-hydroxylation sites is 1. The Bertz CT molecular complexity index is 733. The van der Waals surface area contributed by atoms with Gasteiger partial charge in [-0.05, 0) is 19.1 Å². The highest BCUT2D eigenvalue weighted by Gasteiger charge is 2.13. The van der Waals surface area contributed by atoms with E-state index in [4.69, 9.17) is 0 Å². The molecule has 3 aromatic rings. The van der Waals surface area contributed by atoms with E-state index in [1.807, 2.05) is 37.3 Å². The summed E-state index contributed by atoms with van der Waals surface area (Å²) in [6.07, 6.45) is 1.61. The van der Waals surface area contributed by atoms with E-state index in [1.54, 1.807) is 11.6 Å². The molecule has 0 fully saturated rings. The van der Waals surface area contributed by atoms with Crippen LogP contribution in [0, 0.1) is 6.92 Å². The van der Waals surface area contributed by atoms with E-state index in [0.717, 1.165) is 15.9 Å². The summed E-state index contributed by atoms with van der Waals surface area (Å²) in [7, 11) is 0. The van der Waals surface area contributed by atoms with Crippen LogP contribution in [0.2, 0.25) is 0 Å². The van der Waals surface area contributed by atoms with Crippen LogP contribution in [0.1, 0.15) is 21.1 Å². The van der Waals surface area contributed by atoms with Gasteiger partial charge >= 0.3 is 0 Å². The number of nitrogens with zero attached hydrogens (tertiary/aromatic N) is 2. The lowest BCUT2D eigenvalue weighted by molar-refractivity contribution is 0.103. The molecule has 0 bridgehead atoms. The van der Waals surface area contributed by atoms with Gasteiger partial charge in [-0.1, -0.05) is 18.2 Å². The molecule has 0 amide bonds. The number of aryl methyl sites for hydroxylation is 1. The van der Waals surface area contributed by atoms with Crippen molar-refractivity contribution in [2.24, 2.45) is 0 Å². The molecule has 0 radical (unpaired) electrons. The minimum absolute atomic E-state index is 0.0717. The average molecular weight is 254 g/mol. The Balaban J connectivity index is 2.06. The number of hydrogen-bond acceptors (Lipinski definition) is 4. The van der Waals surface area contributed by atoms with Crippen LogP contribution in [0.4, 0.5) is 0 Å². The van der Waals surface area contributed by atoms with Crippen molar-refractivity contribution in [2.75, 3.05) is 0 Å². The second-order valence-electron chi connectivity index (χ2n) is 4.00. The molecule has 4 heteroatoms. The van der Waals surface area contributed by atoms with E-state index < -0.39 is 0 Å². The molecular weight excluding hydrogens is 244 g/mol. The maximum Gasteiger partial charge on any atom is 0.213 e. The maximum atomic E-state index is 12.2. The van der Waals surface area contributed by atoms with Crippen LogP contribution < -0.4 is 0 Å². The van der Waals surface area contributed by atoms with Crippen molar-refractivity contribution in [1.29, 1.82) is 0 Å². The fraction of sp³-hybridized carbons (Fsp3) is 0.0714. The fourth-order valence-electron chi connectivity index (χ4n) is 1.81. The molecule has 0 saturated carbocycles. The Morgan fingerprint density at radius 3 is 2.89 bits per heavy atom. The van der Waals surface area contributed by atoms with Gasteiger partial charge in [-0.3, -0.25) is 9.78 Å². The van der Waals surface area contributed by atoms with Crippen LogP contribution in [0.5, 0.6) is 0 Å². The number of fused-ring (bicyclic) bond motifs is 1. The summed E-state index contributed by atoms with van der Waals surface area (Å²) in [6, 6.07) is 9.60. The van der Waals surface area contributed by atoms with Crippen LogP contribution in [0.3, 0.4) is 0 Å². The largest absolute Gasteiger partial charge is 0.287 e. The predicted octanol–water partition coefficient (Wildman–Crippen LogP) is 3.23. The maximum absolute atomic E-state index is 12.2. The monoisotopic (exact) mass is 254 g/mol. The summed E-state index contributed by atoms with van der Waals surface area (Å²) in [5.41, 5.74) is 1.97. The highest BCUT2D eigenvalue weighted by Crippen LogP contribution is 2.17. The van der Waals surface area contributed by atoms with Crippen LogP contribution in [-0.4, -0.2) is 15.8 Å². The third kappa shape index (κ3) is 1.91. The van der Waals surface area contributed by atoms with E-state index in [1.165, 1.54) is 11.3 Å². The quantitative estimate of drug-likeness (QED) is 0.659. The minimum atomic E-state index is -0.0717. The van der Waals surface area contributed by atoms with Crippen LogP contribution in [0.25, 0.3) is 10.9 Å². The molecular formula is C14H10N2OS. The average Bonchev–Trinajstić information content (AvgIpc) is 2.84. The zero-order valence-corrected chi connectivity index (χ0v) is 10.6. The SMILES string of the molecule is Cc1nc(C(=O)c2cnc3ccccc3c2)cs1. The van der Waals surface area contributed by atoms with Crippen LogP contribution >= 0.6 is 11.3 Å². The third-order valence-corrected chi connectivity index (χ3v) is 3.48. The first-order chi connectivity index (χ1) is 8.74. The Labute approximate surface area is 108 Å². The van der Waals surface area contributed by atoms with Crippen molar-refractivity contribution in [2.45, 2.75) is 6.92 Å². The van der Waals surface area contributed by atoms with Gasteiger partial charge in [0.05, 0.1) is 10.5 Å². The van der Waals surface area contributed by atoms with E-state index in [9.17, 15) is 4.79 Å². The van der Waals surface area contributed by atoms with Crippen molar-refractivity contribution >= 4 is 28.0 Å². The Hall–Kier alpha value is -2.07. The molecule has 88 valence electrons. The Kier molecular flexibility index (Phi) is 2.64. The van der Waals surface area contributed by atoms with Crippen molar-refractivity contribution < 1.29 is 4.79 Å². The molecule has 18 heavy (non-hydrogen) atoms. The number of carbonyl (C=O) groups excluding carboxylic acids is 1. The standard InChI is InChI=1S/C14H10N2OS/c1-9-16-13(8-18-9)14(17)11-6-10-4-2-3-5-12(10)15-7-11/h2-8H,1H3. The van der Waals surface area contributed by atoms with E-state index >= 15 is 0 Å². The predicted molar refractivity (Wildman–Crippen MR) is 72.0 cm³/mol. The van der Waals surface area contributed by atoms with Gasteiger partial charge in [0.25, 0.3) is 0 Å². The van der Waals surface area contributed by atoms with Gasteiger partial charge < -0.3 is 0 Å². The second kappa shape index (κ2) is 4.31. The topological polar surface area (TPSA) is 42.9 Å². The highest BCUT2D eigenvalue weighted by molar-refractivity contribution is 7.09. The molecule has 0 aliphatic heterocycles. The van der Waals surface area contributed by atoms with E-state index in [2.05, 4.69) is 9.97 Å². The number of aromatic nitrogens is 2. The third-order valence-electron chi connectivity index (χ3n) is 2.70. The molecule has 2 heterocycles. The molecule has 0 aliphatic rings. The Morgan fingerprint density at radius 1 is 1.28 bits per heavy atom. The zero-order valence-electron chi connectivity index (χ0n) is 9.75. The minimum Gasteiger partial charge on any atom is -0.287 e. The lowest BCUT2D eigenvalue weighted by Crippen LogP contribution is -2.02. The molecule has 3 rings (SSSR count). The first-order valence-electron chi connectivity index (χ1n) is 5.56. The molecule has 0 saturated heterocycles. The van der Waals surface area contributed by atoms with Crippen molar-refractivity contribution in [3.05, 3.63) is 58.2 Å². The van der Waals surface area contributed by atoms with Gasteiger partial charge in [0.1, 0.15) is 5.69 Å². The summed E-state index contributed by atoms with van der Waals surface area (Å²) in [6.45, 7) is 1.89. The van der Waals surface area contributed by atoms with Crippen LogP contribution in [0.15, 0.2) is 41.9 Å². The molecule has 0 spiro atoms. The van der Waals surface area contributed by atoms with Gasteiger partial charge in [0.2, 0.25) is 5.78 Å². The number of carbonyl (C=O) groups is 1. The van der Waals surface area contributed by atoms with Crippen molar-refractivity contribution in [3.63, 3.8) is 0 Å². The van der Waals surface area contributed by atoms with E-state index in [0.29, 0.717) is 11.3 Å². The number of rotatable bonds is 2. The number of thiazole rings is 1. The van der Waals surface area contributed by atoms with Gasteiger partial charge in [-0.25, -0.2) is 4.98 Å². The van der Waals surface area contributed by atoms with Crippen molar-refractivity contribution in [1.82, 2.24) is 9.97 Å². The second-order valence-corrected chi connectivity index (χ2v) is 5.06. The molecule has 1 aromatic carbocycles. The first-order valence-corrected chi connectivity index (χ1v) is 6.43. The smallest absolute Gasteiger partial charge is 0.213 e. The van der Waals surface area contributed by atoms with Gasteiger partial charge in [-0.2, -0.15) is 0 Å². The Morgan fingerprint density at radius 2 is 2.11 bits per heavy atom. The van der Waals surface area contributed by atoms with E-state index in [-0.39, 0.29) is 5.78 Å². The zero-order chi connectivity index (χ0) is 12.5. The lowest BCUT2D eigenvalue weighted by Gasteiger charge is -2.00. The molecule has 3 nitrogen and oxygen atoms in total. The number of pyridine rings is 1. The normalized spacial score (nSPS) is 10.7. The first kappa shape index (κ1) is 11.0. The molecule has 0 N–H and O–H groups in total. The summed E-state index contributed by atoms with van der Waals surface area (Å²) in [4.78, 5) is 20.7. The van der Waals surface area contributed by atoms with Gasteiger partial charge in [0, 0.05) is 22.5 Å². The van der Waals surface area contributed by atoms with Crippen LogP contribution in [-0.2, 0) is 0 Å². The van der Waals surface area contributed by atoms with Gasteiger partial charge in [0.15, 0.2) is 0 Å². The van der Waals surface area contributed by atoms with Gasteiger partial charge in [-0.15, -0.1) is 11.3 Å². The number of hydrogen-bond donors (Lipinski definition) is 0.